The lowest BCUT2D eigenvalue weighted by Crippen LogP contribution is -1.92. The fraction of sp³-hybridized carbons (Fsp3) is 0.333. The van der Waals surface area contributed by atoms with E-state index < -0.39 is 0 Å². The molecule has 1 aromatic carbocycles. The predicted molar refractivity (Wildman–Crippen MR) is 50.8 cm³/mol. The molecule has 1 rings (SSSR count). The molecular weight excluding hydrogens is 192 g/mol. The Bertz CT molecular complexity index is 299. The van der Waals surface area contributed by atoms with E-state index in [0.29, 0.717) is 17.1 Å². The second-order valence-electron chi connectivity index (χ2n) is 2.47. The summed E-state index contributed by atoms with van der Waals surface area (Å²) >= 11 is 5.60. The van der Waals surface area contributed by atoms with E-state index in [9.17, 15) is 5.11 Å². The summed E-state index contributed by atoms with van der Waals surface area (Å²) in [6, 6.07) is 3.14. The third-order valence-electron chi connectivity index (χ3n) is 1.73. The van der Waals surface area contributed by atoms with Crippen molar-refractivity contribution in [3.8, 4) is 17.2 Å². The highest BCUT2D eigenvalue weighted by atomic mass is 35.5. The highest BCUT2D eigenvalue weighted by Crippen LogP contribution is 2.34. The molecule has 13 heavy (non-hydrogen) atoms. The van der Waals surface area contributed by atoms with Crippen LogP contribution in [0, 0.1) is 0 Å². The second kappa shape index (κ2) is 4.23. The Hall–Kier alpha value is -1.09. The fourth-order valence-corrected chi connectivity index (χ4v) is 1.23. The molecule has 1 aromatic rings. The SMILES string of the molecule is COc1cc(O)c(CCl)cc1OC. The summed E-state index contributed by atoms with van der Waals surface area (Å²) in [4.78, 5) is 0. The van der Waals surface area contributed by atoms with Crippen LogP contribution in [0.4, 0.5) is 0 Å². The second-order valence-corrected chi connectivity index (χ2v) is 2.74. The van der Waals surface area contributed by atoms with Crippen molar-refractivity contribution in [1.29, 1.82) is 0 Å². The van der Waals surface area contributed by atoms with Crippen molar-refractivity contribution in [1.82, 2.24) is 0 Å². The van der Waals surface area contributed by atoms with Crippen LogP contribution in [0.5, 0.6) is 17.2 Å². The predicted octanol–water partition coefficient (Wildman–Crippen LogP) is 2.15. The van der Waals surface area contributed by atoms with Crippen LogP contribution in [0.25, 0.3) is 0 Å². The highest BCUT2D eigenvalue weighted by Gasteiger charge is 2.08. The van der Waals surface area contributed by atoms with Gasteiger partial charge in [-0.15, -0.1) is 11.6 Å². The first kappa shape index (κ1) is 9.99. The van der Waals surface area contributed by atoms with Crippen LogP contribution in [0.1, 0.15) is 5.56 Å². The Balaban J connectivity index is 3.18. The fourth-order valence-electron chi connectivity index (χ4n) is 1.02. The first-order valence-electron chi connectivity index (χ1n) is 3.72. The van der Waals surface area contributed by atoms with Gasteiger partial charge in [-0.25, -0.2) is 0 Å². The first-order valence-corrected chi connectivity index (χ1v) is 4.26. The van der Waals surface area contributed by atoms with Gasteiger partial charge in [-0.3, -0.25) is 0 Å². The maximum Gasteiger partial charge on any atom is 0.164 e. The normalized spacial score (nSPS) is 9.77. The summed E-state index contributed by atoms with van der Waals surface area (Å²) in [6.07, 6.45) is 0. The Kier molecular flexibility index (Phi) is 3.25. The third kappa shape index (κ3) is 1.98. The van der Waals surface area contributed by atoms with Crippen molar-refractivity contribution in [2.45, 2.75) is 5.88 Å². The molecule has 3 nitrogen and oxygen atoms in total. The molecule has 0 heterocycles. The number of aromatic hydroxyl groups is 1. The average Bonchev–Trinajstić information content (AvgIpc) is 2.17. The molecule has 0 bridgehead atoms. The number of halogens is 1. The van der Waals surface area contributed by atoms with Gasteiger partial charge < -0.3 is 14.6 Å². The number of methoxy groups -OCH3 is 2. The van der Waals surface area contributed by atoms with Gasteiger partial charge in [0.2, 0.25) is 0 Å². The maximum atomic E-state index is 9.42. The Morgan fingerprint density at radius 1 is 1.23 bits per heavy atom. The van der Waals surface area contributed by atoms with Crippen LogP contribution < -0.4 is 9.47 Å². The molecule has 0 atom stereocenters. The maximum absolute atomic E-state index is 9.42. The molecule has 0 aliphatic carbocycles. The van der Waals surface area contributed by atoms with E-state index in [-0.39, 0.29) is 11.6 Å². The minimum absolute atomic E-state index is 0.118. The van der Waals surface area contributed by atoms with Crippen molar-refractivity contribution in [3.05, 3.63) is 17.7 Å². The van der Waals surface area contributed by atoms with Crippen molar-refractivity contribution < 1.29 is 14.6 Å². The molecule has 72 valence electrons. The number of benzene rings is 1. The minimum atomic E-state index is 0.118. The number of alkyl halides is 1. The number of phenolic OH excluding ortho intramolecular Hbond substituents is 1. The molecular formula is C9H11ClO3. The van der Waals surface area contributed by atoms with Gasteiger partial charge in [-0.05, 0) is 6.07 Å². The summed E-state index contributed by atoms with van der Waals surface area (Å²) in [7, 11) is 3.05. The van der Waals surface area contributed by atoms with E-state index in [1.165, 1.54) is 20.3 Å². The number of hydrogen-bond donors (Lipinski definition) is 1. The van der Waals surface area contributed by atoms with Gasteiger partial charge in [0.1, 0.15) is 5.75 Å². The molecule has 0 radical (unpaired) electrons. The van der Waals surface area contributed by atoms with Crippen LogP contribution in [-0.4, -0.2) is 19.3 Å². The topological polar surface area (TPSA) is 38.7 Å². The molecule has 0 saturated heterocycles. The van der Waals surface area contributed by atoms with E-state index in [1.54, 1.807) is 6.07 Å². The van der Waals surface area contributed by atoms with Gasteiger partial charge in [-0.2, -0.15) is 0 Å². The highest BCUT2D eigenvalue weighted by molar-refractivity contribution is 6.17. The summed E-state index contributed by atoms with van der Waals surface area (Å²) in [5.74, 6) is 1.42. The van der Waals surface area contributed by atoms with Crippen molar-refractivity contribution >= 4 is 11.6 Å². The zero-order valence-electron chi connectivity index (χ0n) is 7.50. The number of phenols is 1. The zero-order valence-corrected chi connectivity index (χ0v) is 8.26. The number of ether oxygens (including phenoxy) is 2. The first-order chi connectivity index (χ1) is 6.22. The molecule has 0 aromatic heterocycles. The standard InChI is InChI=1S/C9H11ClO3/c1-12-8-3-6(5-10)7(11)4-9(8)13-2/h3-4,11H,5H2,1-2H3. The number of rotatable bonds is 3. The molecule has 0 amide bonds. The molecule has 0 aliphatic heterocycles. The van der Waals surface area contributed by atoms with Crippen LogP contribution in [0.3, 0.4) is 0 Å². The molecule has 0 fully saturated rings. The van der Waals surface area contributed by atoms with Gasteiger partial charge in [0, 0.05) is 11.6 Å². The monoisotopic (exact) mass is 202 g/mol. The van der Waals surface area contributed by atoms with Crippen molar-refractivity contribution in [3.63, 3.8) is 0 Å². The van der Waals surface area contributed by atoms with Crippen LogP contribution in [0.2, 0.25) is 0 Å². The van der Waals surface area contributed by atoms with Gasteiger partial charge >= 0.3 is 0 Å². The van der Waals surface area contributed by atoms with E-state index in [4.69, 9.17) is 21.1 Å². The molecule has 1 N–H and O–H groups in total. The lowest BCUT2D eigenvalue weighted by Gasteiger charge is -2.09. The van der Waals surface area contributed by atoms with Crippen molar-refractivity contribution in [2.24, 2.45) is 0 Å². The Morgan fingerprint density at radius 2 is 1.77 bits per heavy atom. The summed E-state index contributed by atoms with van der Waals surface area (Å²) < 4.78 is 10.0. The number of hydrogen-bond acceptors (Lipinski definition) is 3. The molecule has 0 saturated carbocycles. The average molecular weight is 203 g/mol. The van der Waals surface area contributed by atoms with Gasteiger partial charge in [0.05, 0.1) is 20.1 Å². The smallest absolute Gasteiger partial charge is 0.164 e. The molecule has 0 unspecified atom stereocenters. The Labute approximate surface area is 81.9 Å². The van der Waals surface area contributed by atoms with Gasteiger partial charge in [0.25, 0.3) is 0 Å². The molecule has 0 aliphatic rings. The van der Waals surface area contributed by atoms with Gasteiger partial charge in [-0.1, -0.05) is 0 Å². The van der Waals surface area contributed by atoms with Crippen LogP contribution in [-0.2, 0) is 5.88 Å². The molecule has 0 spiro atoms. The largest absolute Gasteiger partial charge is 0.507 e. The minimum Gasteiger partial charge on any atom is -0.507 e. The third-order valence-corrected chi connectivity index (χ3v) is 2.02. The lowest BCUT2D eigenvalue weighted by molar-refractivity contribution is 0.350. The lowest BCUT2D eigenvalue weighted by atomic mass is 10.2. The van der Waals surface area contributed by atoms with Gasteiger partial charge in [0.15, 0.2) is 11.5 Å². The van der Waals surface area contributed by atoms with E-state index in [2.05, 4.69) is 0 Å². The van der Waals surface area contributed by atoms with E-state index in [1.807, 2.05) is 0 Å². The molecule has 4 heteroatoms. The van der Waals surface area contributed by atoms with E-state index in [0.717, 1.165) is 0 Å². The van der Waals surface area contributed by atoms with Crippen LogP contribution in [0.15, 0.2) is 12.1 Å². The summed E-state index contributed by atoms with van der Waals surface area (Å²) in [5.41, 5.74) is 0.624. The summed E-state index contributed by atoms with van der Waals surface area (Å²) in [6.45, 7) is 0. The quantitative estimate of drug-likeness (QED) is 0.764. The summed E-state index contributed by atoms with van der Waals surface area (Å²) in [5, 5.41) is 9.42. The zero-order chi connectivity index (χ0) is 9.84. The Morgan fingerprint density at radius 3 is 2.23 bits per heavy atom. The van der Waals surface area contributed by atoms with Crippen molar-refractivity contribution in [2.75, 3.05) is 14.2 Å². The van der Waals surface area contributed by atoms with E-state index >= 15 is 0 Å². The van der Waals surface area contributed by atoms with Crippen LogP contribution >= 0.6 is 11.6 Å².